The lowest BCUT2D eigenvalue weighted by atomic mass is 10.1. The molecule has 0 atom stereocenters. The smallest absolute Gasteiger partial charge is 0.255 e. The van der Waals surface area contributed by atoms with Crippen LogP contribution in [0.1, 0.15) is 20.7 Å². The Morgan fingerprint density at radius 1 is 0.643 bits per heavy atom. The summed E-state index contributed by atoms with van der Waals surface area (Å²) in [7, 11) is 3.05. The second-order valence-electron chi connectivity index (χ2n) is 5.92. The van der Waals surface area contributed by atoms with Crippen LogP contribution in [-0.2, 0) is 0 Å². The van der Waals surface area contributed by atoms with Crippen molar-refractivity contribution in [3.63, 3.8) is 0 Å². The van der Waals surface area contributed by atoms with Gasteiger partial charge in [0.05, 0.1) is 14.2 Å². The number of hydrogen-bond acceptors (Lipinski definition) is 4. The maximum Gasteiger partial charge on any atom is 0.255 e. The minimum atomic E-state index is -0.299. The number of rotatable bonds is 6. The van der Waals surface area contributed by atoms with E-state index in [-0.39, 0.29) is 11.8 Å². The standard InChI is InChI=1S/C22H20N2O4/c1-27-19-12-11-16(13-20(19)28-2)22(26)24-18-10-6-9-17(14-18)23-21(25)15-7-4-3-5-8-15/h3-14H,1-2H3,(H,23,25)(H,24,26). The SMILES string of the molecule is COc1ccc(C(=O)Nc2cccc(NC(=O)c3ccccc3)c2)cc1OC. The normalized spacial score (nSPS) is 10.1. The molecule has 28 heavy (non-hydrogen) atoms. The van der Waals surface area contributed by atoms with Crippen LogP contribution in [0, 0.1) is 0 Å². The Kier molecular flexibility index (Phi) is 5.91. The van der Waals surface area contributed by atoms with Gasteiger partial charge in [-0.1, -0.05) is 24.3 Å². The van der Waals surface area contributed by atoms with Crippen LogP contribution in [0.3, 0.4) is 0 Å². The molecule has 2 N–H and O–H groups in total. The largest absolute Gasteiger partial charge is 0.493 e. The van der Waals surface area contributed by atoms with Gasteiger partial charge in [-0.2, -0.15) is 0 Å². The molecule has 142 valence electrons. The van der Waals surface area contributed by atoms with E-state index in [4.69, 9.17) is 9.47 Å². The second kappa shape index (κ2) is 8.73. The molecular weight excluding hydrogens is 356 g/mol. The van der Waals surface area contributed by atoms with Crippen LogP contribution in [0.4, 0.5) is 11.4 Å². The maximum absolute atomic E-state index is 12.5. The van der Waals surface area contributed by atoms with Crippen molar-refractivity contribution >= 4 is 23.2 Å². The highest BCUT2D eigenvalue weighted by atomic mass is 16.5. The van der Waals surface area contributed by atoms with E-state index >= 15 is 0 Å². The zero-order valence-electron chi connectivity index (χ0n) is 15.6. The maximum atomic E-state index is 12.5. The van der Waals surface area contributed by atoms with Crippen molar-refractivity contribution in [2.24, 2.45) is 0 Å². The van der Waals surface area contributed by atoms with Crippen LogP contribution in [0.2, 0.25) is 0 Å². The number of methoxy groups -OCH3 is 2. The van der Waals surface area contributed by atoms with Crippen LogP contribution in [0.5, 0.6) is 11.5 Å². The molecule has 0 aromatic heterocycles. The van der Waals surface area contributed by atoms with E-state index in [1.807, 2.05) is 6.07 Å². The fourth-order valence-corrected chi connectivity index (χ4v) is 2.65. The van der Waals surface area contributed by atoms with Crippen molar-refractivity contribution in [2.45, 2.75) is 0 Å². The highest BCUT2D eigenvalue weighted by molar-refractivity contribution is 6.06. The predicted octanol–water partition coefficient (Wildman–Crippen LogP) is 4.21. The summed E-state index contributed by atoms with van der Waals surface area (Å²) in [6.45, 7) is 0. The number of carbonyl (C=O) groups is 2. The van der Waals surface area contributed by atoms with Crippen molar-refractivity contribution in [2.75, 3.05) is 24.9 Å². The predicted molar refractivity (Wildman–Crippen MR) is 108 cm³/mol. The van der Waals surface area contributed by atoms with Crippen LogP contribution in [0.25, 0.3) is 0 Å². The molecule has 0 heterocycles. The Bertz CT molecular complexity index is 987. The summed E-state index contributed by atoms with van der Waals surface area (Å²) < 4.78 is 10.4. The zero-order chi connectivity index (χ0) is 19.9. The lowest BCUT2D eigenvalue weighted by molar-refractivity contribution is 0.101. The molecule has 0 radical (unpaired) electrons. The molecule has 6 heteroatoms. The van der Waals surface area contributed by atoms with Gasteiger partial charge in [-0.3, -0.25) is 9.59 Å². The summed E-state index contributed by atoms with van der Waals surface area (Å²) in [5.41, 5.74) is 2.13. The van der Waals surface area contributed by atoms with E-state index in [1.54, 1.807) is 66.7 Å². The molecule has 0 aliphatic carbocycles. The summed E-state index contributed by atoms with van der Waals surface area (Å²) in [6, 6.07) is 20.8. The molecule has 3 rings (SSSR count). The minimum Gasteiger partial charge on any atom is -0.493 e. The lowest BCUT2D eigenvalue weighted by Crippen LogP contribution is -2.14. The third kappa shape index (κ3) is 4.48. The minimum absolute atomic E-state index is 0.219. The van der Waals surface area contributed by atoms with Gasteiger partial charge in [0.2, 0.25) is 0 Å². The molecule has 0 spiro atoms. The van der Waals surface area contributed by atoms with Crippen molar-refractivity contribution in [3.05, 3.63) is 83.9 Å². The van der Waals surface area contributed by atoms with Crippen LogP contribution < -0.4 is 20.1 Å². The second-order valence-corrected chi connectivity index (χ2v) is 5.92. The van der Waals surface area contributed by atoms with Crippen molar-refractivity contribution in [1.29, 1.82) is 0 Å². The highest BCUT2D eigenvalue weighted by Crippen LogP contribution is 2.28. The first-order valence-electron chi connectivity index (χ1n) is 8.60. The van der Waals surface area contributed by atoms with Gasteiger partial charge in [-0.25, -0.2) is 0 Å². The number of benzene rings is 3. The van der Waals surface area contributed by atoms with E-state index in [9.17, 15) is 9.59 Å². The van der Waals surface area contributed by atoms with Gasteiger partial charge in [0.1, 0.15) is 0 Å². The van der Waals surface area contributed by atoms with Crippen molar-refractivity contribution < 1.29 is 19.1 Å². The van der Waals surface area contributed by atoms with Gasteiger partial charge in [-0.15, -0.1) is 0 Å². The quantitative estimate of drug-likeness (QED) is 0.676. The van der Waals surface area contributed by atoms with Crippen LogP contribution in [-0.4, -0.2) is 26.0 Å². The molecule has 0 fully saturated rings. The third-order valence-electron chi connectivity index (χ3n) is 4.06. The molecular formula is C22H20N2O4. The highest BCUT2D eigenvalue weighted by Gasteiger charge is 2.12. The van der Waals surface area contributed by atoms with Gasteiger partial charge < -0.3 is 20.1 Å². The van der Waals surface area contributed by atoms with E-state index < -0.39 is 0 Å². The van der Waals surface area contributed by atoms with E-state index in [0.717, 1.165) is 0 Å². The molecule has 6 nitrogen and oxygen atoms in total. The Balaban J connectivity index is 1.72. The topological polar surface area (TPSA) is 76.7 Å². The summed E-state index contributed by atoms with van der Waals surface area (Å²) in [5.74, 6) is 0.500. The monoisotopic (exact) mass is 376 g/mol. The number of amides is 2. The summed E-state index contributed by atoms with van der Waals surface area (Å²) in [6.07, 6.45) is 0. The average Bonchev–Trinajstić information content (AvgIpc) is 2.74. The zero-order valence-corrected chi connectivity index (χ0v) is 15.6. The number of carbonyl (C=O) groups excluding carboxylic acids is 2. The molecule has 0 aliphatic rings. The fourth-order valence-electron chi connectivity index (χ4n) is 2.65. The average molecular weight is 376 g/mol. The van der Waals surface area contributed by atoms with E-state index in [1.165, 1.54) is 14.2 Å². The first-order valence-corrected chi connectivity index (χ1v) is 8.60. The Labute approximate surface area is 163 Å². The van der Waals surface area contributed by atoms with E-state index in [2.05, 4.69) is 10.6 Å². The summed E-state index contributed by atoms with van der Waals surface area (Å²) in [5, 5.41) is 5.63. The third-order valence-corrected chi connectivity index (χ3v) is 4.06. The number of anilines is 2. The molecule has 3 aromatic carbocycles. The molecule has 0 aliphatic heterocycles. The van der Waals surface area contributed by atoms with Gasteiger partial charge in [0.15, 0.2) is 11.5 Å². The number of hydrogen-bond donors (Lipinski definition) is 2. The number of nitrogens with one attached hydrogen (secondary N) is 2. The van der Waals surface area contributed by atoms with E-state index in [0.29, 0.717) is 34.0 Å². The molecule has 0 saturated carbocycles. The molecule has 0 unspecified atom stereocenters. The Morgan fingerprint density at radius 2 is 1.25 bits per heavy atom. The van der Waals surface area contributed by atoms with Crippen LogP contribution in [0.15, 0.2) is 72.8 Å². The first-order chi connectivity index (χ1) is 13.6. The molecule has 0 saturated heterocycles. The molecule has 0 bridgehead atoms. The summed E-state index contributed by atoms with van der Waals surface area (Å²) in [4.78, 5) is 24.8. The first kappa shape index (κ1) is 19.0. The Hall–Kier alpha value is -3.80. The summed E-state index contributed by atoms with van der Waals surface area (Å²) >= 11 is 0. The van der Waals surface area contributed by atoms with Crippen molar-refractivity contribution in [3.8, 4) is 11.5 Å². The van der Waals surface area contributed by atoms with Crippen molar-refractivity contribution in [1.82, 2.24) is 0 Å². The van der Waals surface area contributed by atoms with Gasteiger partial charge >= 0.3 is 0 Å². The fraction of sp³-hybridized carbons (Fsp3) is 0.0909. The molecule has 2 amide bonds. The van der Waals surface area contributed by atoms with Gasteiger partial charge in [0.25, 0.3) is 11.8 Å². The van der Waals surface area contributed by atoms with Gasteiger partial charge in [-0.05, 0) is 48.5 Å². The van der Waals surface area contributed by atoms with Crippen LogP contribution >= 0.6 is 0 Å². The van der Waals surface area contributed by atoms with Gasteiger partial charge in [0, 0.05) is 22.5 Å². The molecule has 3 aromatic rings. The Morgan fingerprint density at radius 3 is 1.86 bits per heavy atom. The lowest BCUT2D eigenvalue weighted by Gasteiger charge is -2.11. The number of ether oxygens (including phenoxy) is 2.